The molecule has 1 atom stereocenters. The van der Waals surface area contributed by atoms with E-state index < -0.39 is 17.4 Å². The number of carbonyl (C=O) groups is 1. The van der Waals surface area contributed by atoms with Crippen molar-refractivity contribution in [3.63, 3.8) is 0 Å². The number of esters is 1. The van der Waals surface area contributed by atoms with E-state index in [1.807, 2.05) is 0 Å². The molecule has 0 bridgehead atoms. The highest BCUT2D eigenvalue weighted by Crippen LogP contribution is 2.37. The van der Waals surface area contributed by atoms with Gasteiger partial charge in [-0.1, -0.05) is 0 Å². The van der Waals surface area contributed by atoms with Gasteiger partial charge in [0.1, 0.15) is 5.75 Å². The zero-order valence-corrected chi connectivity index (χ0v) is 9.62. The largest absolute Gasteiger partial charge is 0.508 e. The molecule has 4 nitrogen and oxygen atoms in total. The average molecular weight is 240 g/mol. The van der Waals surface area contributed by atoms with Crippen LogP contribution in [0.2, 0.25) is 0 Å². The second kappa shape index (κ2) is 3.91. The molecule has 1 N–H and O–H groups in total. The Kier molecular flexibility index (Phi) is 2.69. The second-order valence-electron chi connectivity index (χ2n) is 4.24. The molecule has 0 fully saturated rings. The van der Waals surface area contributed by atoms with Crippen LogP contribution in [0.3, 0.4) is 0 Å². The number of rotatable bonds is 1. The minimum Gasteiger partial charge on any atom is -0.508 e. The number of fused-ring (bicyclic) bond motifs is 1. The van der Waals surface area contributed by atoms with Crippen molar-refractivity contribution in [1.29, 1.82) is 0 Å². The quantitative estimate of drug-likeness (QED) is 0.760. The van der Waals surface area contributed by atoms with E-state index >= 15 is 0 Å². The number of aromatic hydroxyl groups is 1. The molecular formula is C12H13FO4. The molecule has 1 unspecified atom stereocenters. The van der Waals surface area contributed by atoms with Crippen molar-refractivity contribution >= 4 is 5.97 Å². The lowest BCUT2D eigenvalue weighted by molar-refractivity contribution is -0.159. The number of halogens is 1. The van der Waals surface area contributed by atoms with E-state index in [4.69, 9.17) is 4.74 Å². The third-order valence-corrected chi connectivity index (χ3v) is 2.92. The summed E-state index contributed by atoms with van der Waals surface area (Å²) in [6.45, 7) is 1.56. The molecule has 0 radical (unpaired) electrons. The summed E-state index contributed by atoms with van der Waals surface area (Å²) in [6, 6.07) is 2.40. The molecule has 1 aromatic carbocycles. The minimum absolute atomic E-state index is 0.0157. The number of hydrogen-bond acceptors (Lipinski definition) is 4. The Balaban J connectivity index is 2.39. The Hall–Kier alpha value is -1.78. The summed E-state index contributed by atoms with van der Waals surface area (Å²) >= 11 is 0. The van der Waals surface area contributed by atoms with Crippen molar-refractivity contribution in [1.82, 2.24) is 0 Å². The molecule has 0 aromatic heterocycles. The maximum Gasteiger partial charge on any atom is 0.349 e. The van der Waals surface area contributed by atoms with Crippen molar-refractivity contribution in [2.24, 2.45) is 0 Å². The van der Waals surface area contributed by atoms with Gasteiger partial charge in [0.15, 0.2) is 11.6 Å². The van der Waals surface area contributed by atoms with Crippen LogP contribution in [0.15, 0.2) is 12.1 Å². The summed E-state index contributed by atoms with van der Waals surface area (Å²) in [4.78, 5) is 11.6. The molecule has 1 aliphatic rings. The summed E-state index contributed by atoms with van der Waals surface area (Å²) < 4.78 is 23.6. The fraction of sp³-hybridized carbons (Fsp3) is 0.417. The van der Waals surface area contributed by atoms with Crippen molar-refractivity contribution in [3.8, 4) is 11.5 Å². The highest BCUT2D eigenvalue weighted by atomic mass is 19.1. The molecule has 1 heterocycles. The molecular weight excluding hydrogens is 227 g/mol. The number of phenolic OH excluding ortho intramolecular Hbond substituents is 1. The fourth-order valence-electron chi connectivity index (χ4n) is 1.94. The van der Waals surface area contributed by atoms with Crippen LogP contribution in [-0.4, -0.2) is 23.8 Å². The summed E-state index contributed by atoms with van der Waals surface area (Å²) in [5, 5.41) is 9.27. The third-order valence-electron chi connectivity index (χ3n) is 2.92. The van der Waals surface area contributed by atoms with Gasteiger partial charge in [0.05, 0.1) is 7.11 Å². The molecule has 0 saturated carbocycles. The first-order valence-electron chi connectivity index (χ1n) is 5.25. The maximum absolute atomic E-state index is 13.6. The lowest BCUT2D eigenvalue weighted by atomic mass is 9.92. The highest BCUT2D eigenvalue weighted by molar-refractivity contribution is 5.80. The number of methoxy groups -OCH3 is 1. The molecule has 1 aromatic rings. The van der Waals surface area contributed by atoms with E-state index in [2.05, 4.69) is 4.74 Å². The lowest BCUT2D eigenvalue weighted by Crippen LogP contribution is -2.45. The van der Waals surface area contributed by atoms with Gasteiger partial charge in [-0.25, -0.2) is 9.18 Å². The maximum atomic E-state index is 13.6. The van der Waals surface area contributed by atoms with Gasteiger partial charge in [-0.05, 0) is 19.4 Å². The number of phenols is 1. The standard InChI is InChI=1S/C12H13FO4/c1-12(11(15)16-2)4-3-7-5-8(14)6-9(13)10(7)17-12/h5-6,14H,3-4H2,1-2H3. The van der Waals surface area contributed by atoms with Crippen LogP contribution in [0, 0.1) is 5.82 Å². The Morgan fingerprint density at radius 1 is 1.59 bits per heavy atom. The topological polar surface area (TPSA) is 55.8 Å². The normalized spacial score (nSPS) is 22.5. The van der Waals surface area contributed by atoms with E-state index in [-0.39, 0.29) is 11.5 Å². The zero-order chi connectivity index (χ0) is 12.6. The van der Waals surface area contributed by atoms with E-state index in [9.17, 15) is 14.3 Å². The van der Waals surface area contributed by atoms with Gasteiger partial charge in [0.2, 0.25) is 5.60 Å². The van der Waals surface area contributed by atoms with Gasteiger partial charge in [-0.15, -0.1) is 0 Å². The Morgan fingerprint density at radius 2 is 2.29 bits per heavy atom. The Morgan fingerprint density at radius 3 is 2.94 bits per heavy atom. The predicted molar refractivity (Wildman–Crippen MR) is 57.4 cm³/mol. The van der Waals surface area contributed by atoms with E-state index in [1.165, 1.54) is 13.2 Å². The second-order valence-corrected chi connectivity index (χ2v) is 4.24. The Bertz CT molecular complexity index is 472. The SMILES string of the molecule is COC(=O)C1(C)CCc2cc(O)cc(F)c2O1. The van der Waals surface area contributed by atoms with Crippen molar-refractivity contribution in [3.05, 3.63) is 23.5 Å². The zero-order valence-electron chi connectivity index (χ0n) is 9.62. The van der Waals surface area contributed by atoms with Crippen LogP contribution in [0.1, 0.15) is 18.9 Å². The highest BCUT2D eigenvalue weighted by Gasteiger charge is 2.41. The monoisotopic (exact) mass is 240 g/mol. The Labute approximate surface area is 98.0 Å². The van der Waals surface area contributed by atoms with Crippen LogP contribution in [0.25, 0.3) is 0 Å². The van der Waals surface area contributed by atoms with Gasteiger partial charge in [-0.3, -0.25) is 0 Å². The van der Waals surface area contributed by atoms with Crippen LogP contribution in [0.5, 0.6) is 11.5 Å². The number of aryl methyl sites for hydroxylation is 1. The average Bonchev–Trinajstić information content (AvgIpc) is 2.29. The van der Waals surface area contributed by atoms with Crippen LogP contribution in [-0.2, 0) is 16.0 Å². The van der Waals surface area contributed by atoms with Gasteiger partial charge < -0.3 is 14.6 Å². The molecule has 92 valence electrons. The molecule has 0 spiro atoms. The predicted octanol–water partition coefficient (Wildman–Crippen LogP) is 1.79. The molecule has 0 aliphatic carbocycles. The smallest absolute Gasteiger partial charge is 0.349 e. The first-order chi connectivity index (χ1) is 7.96. The van der Waals surface area contributed by atoms with E-state index in [0.717, 1.165) is 6.07 Å². The summed E-state index contributed by atoms with van der Waals surface area (Å²) in [5.74, 6) is -1.33. The minimum atomic E-state index is -1.17. The van der Waals surface area contributed by atoms with Crippen LogP contribution >= 0.6 is 0 Å². The molecule has 17 heavy (non-hydrogen) atoms. The summed E-state index contributed by atoms with van der Waals surface area (Å²) in [7, 11) is 1.26. The first-order valence-corrected chi connectivity index (χ1v) is 5.25. The molecule has 5 heteroatoms. The van der Waals surface area contributed by atoms with Gasteiger partial charge in [0.25, 0.3) is 0 Å². The van der Waals surface area contributed by atoms with Crippen molar-refractivity contribution < 1.29 is 23.8 Å². The summed E-state index contributed by atoms with van der Waals surface area (Å²) in [5.41, 5.74) is -0.608. The summed E-state index contributed by atoms with van der Waals surface area (Å²) in [6.07, 6.45) is 0.835. The lowest BCUT2D eigenvalue weighted by Gasteiger charge is -2.33. The first kappa shape index (κ1) is 11.7. The molecule has 1 aliphatic heterocycles. The number of benzene rings is 1. The van der Waals surface area contributed by atoms with Crippen LogP contribution in [0.4, 0.5) is 4.39 Å². The molecule has 2 rings (SSSR count). The fourth-order valence-corrected chi connectivity index (χ4v) is 1.94. The number of ether oxygens (including phenoxy) is 2. The molecule has 0 amide bonds. The van der Waals surface area contributed by atoms with Gasteiger partial charge in [0, 0.05) is 18.1 Å². The van der Waals surface area contributed by atoms with Gasteiger partial charge in [-0.2, -0.15) is 0 Å². The number of carbonyl (C=O) groups excluding carboxylic acids is 1. The van der Waals surface area contributed by atoms with Gasteiger partial charge >= 0.3 is 5.97 Å². The van der Waals surface area contributed by atoms with Crippen molar-refractivity contribution in [2.75, 3.05) is 7.11 Å². The molecule has 0 saturated heterocycles. The van der Waals surface area contributed by atoms with Crippen LogP contribution < -0.4 is 4.74 Å². The third kappa shape index (κ3) is 1.92. The van der Waals surface area contributed by atoms with Crippen molar-refractivity contribution in [2.45, 2.75) is 25.4 Å². The van der Waals surface area contributed by atoms with E-state index in [0.29, 0.717) is 18.4 Å². The number of hydrogen-bond donors (Lipinski definition) is 1. The van der Waals surface area contributed by atoms with E-state index in [1.54, 1.807) is 6.92 Å².